The van der Waals surface area contributed by atoms with E-state index in [9.17, 15) is 0 Å². The molecule has 0 radical (unpaired) electrons. The van der Waals surface area contributed by atoms with Crippen LogP contribution in [0, 0.1) is 0 Å². The van der Waals surface area contributed by atoms with Gasteiger partial charge in [-0.15, -0.1) is 10.0 Å². The van der Waals surface area contributed by atoms with E-state index in [1.807, 2.05) is 0 Å². The second kappa shape index (κ2) is 13.8. The number of hydrogen-bond donors (Lipinski definition) is 0. The molecule has 2 nitrogen and oxygen atoms in total. The molecule has 0 fully saturated rings. The topological polar surface area (TPSA) is 16.4 Å². The van der Waals surface area contributed by atoms with E-state index in [2.05, 4.69) is 241 Å². The zero-order valence-corrected chi connectivity index (χ0v) is 32.6. The van der Waals surface area contributed by atoms with E-state index in [1.165, 1.54) is 41.8 Å². The Labute approximate surface area is 340 Å². The molecular weight excluding hydrogens is 723 g/mol. The maximum absolute atomic E-state index is 6.66. The molecule has 0 bridgehead atoms. The van der Waals surface area contributed by atoms with Crippen LogP contribution in [0.4, 0.5) is 17.1 Å². The van der Waals surface area contributed by atoms with Gasteiger partial charge in [0, 0.05) is 36.0 Å². The fourth-order valence-corrected chi connectivity index (χ4v) is 13.3. The summed E-state index contributed by atoms with van der Waals surface area (Å²) in [4.78, 5) is 7.59. The molecule has 1 aliphatic rings. The summed E-state index contributed by atoms with van der Waals surface area (Å²) in [5.41, 5.74) is 9.60. The summed E-state index contributed by atoms with van der Waals surface area (Å²) in [7, 11) is -1.88. The molecule has 3 heteroatoms. The molecule has 9 aromatic carbocycles. The highest BCUT2D eigenvalue weighted by atomic mass is 32.3. The normalized spacial score (nSPS) is 13.6. The number of para-hydroxylation sites is 2. The maximum Gasteiger partial charge on any atom is 0.135 e. The zero-order valence-electron chi connectivity index (χ0n) is 31.8. The summed E-state index contributed by atoms with van der Waals surface area (Å²) in [6.45, 7) is 0. The standard InChI is InChI=1S/C55H39NOS/c1-6-20-40(21-7-1)55(41-22-8-2-9-23-41)49-30-16-18-32-51(49)56(52-33-19-17-31-50(52)55)42-34-36-53-47(38-42)48-39-46(35-37-54(48)57-53)58(43-24-10-3-11-25-43,44-26-12-4-13-27-44)45-28-14-5-15-29-45/h1-39H. The van der Waals surface area contributed by atoms with E-state index >= 15 is 0 Å². The fourth-order valence-electron chi connectivity index (χ4n) is 9.45. The fraction of sp³-hybridized carbons (Fsp3) is 0.0182. The van der Waals surface area contributed by atoms with Crippen molar-refractivity contribution in [2.45, 2.75) is 25.0 Å². The van der Waals surface area contributed by atoms with Crippen LogP contribution in [-0.4, -0.2) is 0 Å². The molecular formula is C55H39NOS. The second-order valence-electron chi connectivity index (χ2n) is 14.8. The number of hydrogen-bond acceptors (Lipinski definition) is 2. The summed E-state index contributed by atoms with van der Waals surface area (Å²) >= 11 is 0. The summed E-state index contributed by atoms with van der Waals surface area (Å²) in [6, 6.07) is 86.5. The van der Waals surface area contributed by atoms with Crippen molar-refractivity contribution in [3.05, 3.63) is 259 Å². The molecule has 1 aromatic heterocycles. The summed E-state index contributed by atoms with van der Waals surface area (Å²) < 4.78 is 6.66. The first kappa shape index (κ1) is 34.2. The van der Waals surface area contributed by atoms with Gasteiger partial charge in [0.15, 0.2) is 0 Å². The molecule has 0 unspecified atom stereocenters. The lowest BCUT2D eigenvalue weighted by molar-refractivity contribution is 0.668. The van der Waals surface area contributed by atoms with Crippen LogP contribution in [0.3, 0.4) is 0 Å². The van der Waals surface area contributed by atoms with Gasteiger partial charge in [-0.2, -0.15) is 0 Å². The van der Waals surface area contributed by atoms with Crippen LogP contribution in [0.15, 0.2) is 261 Å². The van der Waals surface area contributed by atoms with Crippen molar-refractivity contribution in [1.29, 1.82) is 0 Å². The van der Waals surface area contributed by atoms with Gasteiger partial charge in [-0.05, 0) is 107 Å². The van der Waals surface area contributed by atoms with Gasteiger partial charge in [0.1, 0.15) is 11.2 Å². The summed E-state index contributed by atoms with van der Waals surface area (Å²) in [5, 5.41) is 2.20. The Morgan fingerprint density at radius 1 is 0.345 bits per heavy atom. The van der Waals surface area contributed by atoms with Crippen LogP contribution >= 0.6 is 10.0 Å². The lowest BCUT2D eigenvalue weighted by Gasteiger charge is -2.46. The average molecular weight is 762 g/mol. The predicted octanol–water partition coefficient (Wildman–Crippen LogP) is 15.1. The van der Waals surface area contributed by atoms with Crippen molar-refractivity contribution in [3.63, 3.8) is 0 Å². The third kappa shape index (κ3) is 5.07. The molecule has 0 saturated heterocycles. The highest BCUT2D eigenvalue weighted by molar-refractivity contribution is 8.34. The third-order valence-corrected chi connectivity index (χ3v) is 15.7. The van der Waals surface area contributed by atoms with Crippen molar-refractivity contribution in [2.75, 3.05) is 4.90 Å². The van der Waals surface area contributed by atoms with Crippen LogP contribution in [0.1, 0.15) is 22.3 Å². The monoisotopic (exact) mass is 761 g/mol. The number of fused-ring (bicyclic) bond motifs is 5. The maximum atomic E-state index is 6.66. The van der Waals surface area contributed by atoms with Gasteiger partial charge in [-0.3, -0.25) is 0 Å². The van der Waals surface area contributed by atoms with Gasteiger partial charge in [0.25, 0.3) is 0 Å². The molecule has 0 saturated carbocycles. The van der Waals surface area contributed by atoms with Gasteiger partial charge in [0.05, 0.1) is 16.8 Å². The number of anilines is 3. The lowest BCUT2D eigenvalue weighted by atomic mass is 9.62. The first-order chi connectivity index (χ1) is 28.8. The van der Waals surface area contributed by atoms with Gasteiger partial charge in [-0.1, -0.05) is 152 Å². The Bertz CT molecular complexity index is 2870. The van der Waals surface area contributed by atoms with E-state index in [0.717, 1.165) is 39.0 Å². The van der Waals surface area contributed by atoms with Gasteiger partial charge >= 0.3 is 0 Å². The Balaban J connectivity index is 1.16. The summed E-state index contributed by atoms with van der Waals surface area (Å²) in [5.74, 6) is 0. The predicted molar refractivity (Wildman–Crippen MR) is 240 cm³/mol. The van der Waals surface area contributed by atoms with Crippen LogP contribution in [0.5, 0.6) is 0 Å². The number of benzene rings is 9. The van der Waals surface area contributed by atoms with Crippen molar-refractivity contribution < 1.29 is 4.42 Å². The van der Waals surface area contributed by atoms with Crippen LogP contribution in [0.2, 0.25) is 0 Å². The number of rotatable bonds is 7. The molecule has 58 heavy (non-hydrogen) atoms. The molecule has 10 aromatic rings. The Kier molecular flexibility index (Phi) is 8.16. The smallest absolute Gasteiger partial charge is 0.135 e. The number of furan rings is 1. The minimum absolute atomic E-state index is 0.522. The third-order valence-electron chi connectivity index (χ3n) is 11.8. The van der Waals surface area contributed by atoms with E-state index in [1.54, 1.807) is 0 Å². The first-order valence-corrected chi connectivity index (χ1v) is 21.5. The Hall–Kier alpha value is -7.07. The molecule has 2 heterocycles. The zero-order chi connectivity index (χ0) is 38.5. The largest absolute Gasteiger partial charge is 0.456 e. The Morgan fingerprint density at radius 2 is 0.741 bits per heavy atom. The van der Waals surface area contributed by atoms with Crippen molar-refractivity contribution in [1.82, 2.24) is 0 Å². The van der Waals surface area contributed by atoms with Crippen molar-refractivity contribution in [3.8, 4) is 0 Å². The molecule has 276 valence electrons. The highest BCUT2D eigenvalue weighted by Crippen LogP contribution is 2.73. The molecule has 1 aliphatic heterocycles. The lowest BCUT2D eigenvalue weighted by Crippen LogP contribution is -2.37. The number of nitrogens with zero attached hydrogens (tertiary/aromatic N) is 1. The molecule has 0 N–H and O–H groups in total. The Morgan fingerprint density at radius 3 is 1.22 bits per heavy atom. The minimum atomic E-state index is -1.88. The van der Waals surface area contributed by atoms with Crippen LogP contribution in [-0.2, 0) is 5.41 Å². The minimum Gasteiger partial charge on any atom is -0.456 e. The van der Waals surface area contributed by atoms with Crippen molar-refractivity contribution in [2.24, 2.45) is 0 Å². The van der Waals surface area contributed by atoms with Gasteiger partial charge < -0.3 is 9.32 Å². The van der Waals surface area contributed by atoms with Crippen molar-refractivity contribution >= 4 is 49.0 Å². The molecule has 0 spiro atoms. The highest BCUT2D eigenvalue weighted by Gasteiger charge is 2.46. The van der Waals surface area contributed by atoms with Crippen LogP contribution in [0.25, 0.3) is 21.9 Å². The van der Waals surface area contributed by atoms with Crippen LogP contribution < -0.4 is 4.90 Å². The molecule has 0 atom stereocenters. The van der Waals surface area contributed by atoms with E-state index in [4.69, 9.17) is 4.42 Å². The van der Waals surface area contributed by atoms with E-state index in [0.29, 0.717) is 0 Å². The van der Waals surface area contributed by atoms with Gasteiger partial charge in [0.2, 0.25) is 0 Å². The second-order valence-corrected chi connectivity index (χ2v) is 18.0. The quantitative estimate of drug-likeness (QED) is 0.161. The molecule has 0 amide bonds. The molecule has 11 rings (SSSR count). The van der Waals surface area contributed by atoms with Gasteiger partial charge in [-0.25, -0.2) is 0 Å². The first-order valence-electron chi connectivity index (χ1n) is 19.8. The SMILES string of the molecule is c1ccc(C2(c3ccccc3)c3ccccc3N(c3ccc4oc5ccc(S(c6ccccc6)(c6ccccc6)c6ccccc6)cc5c4c3)c3ccccc32)cc1. The average Bonchev–Trinajstić information content (AvgIpc) is 3.67. The summed E-state index contributed by atoms with van der Waals surface area (Å²) in [6.07, 6.45) is 0. The van der Waals surface area contributed by atoms with E-state index in [-0.39, 0.29) is 0 Å². The van der Waals surface area contributed by atoms with E-state index < -0.39 is 15.4 Å². The molecule has 0 aliphatic carbocycles.